The van der Waals surface area contributed by atoms with E-state index in [1.165, 1.54) is 0 Å². The topological polar surface area (TPSA) is 93.8 Å². The average Bonchev–Trinajstić information content (AvgIpc) is 2.58. The number of ether oxygens (including phenoxy) is 1. The maximum atomic E-state index is 12.2. The number of nitrogens with one attached hydrogen (secondary N) is 1. The lowest BCUT2D eigenvalue weighted by atomic mass is 10.2. The van der Waals surface area contributed by atoms with E-state index in [9.17, 15) is 9.59 Å². The van der Waals surface area contributed by atoms with Gasteiger partial charge in [0.2, 0.25) is 11.8 Å². The molecule has 0 saturated heterocycles. The summed E-state index contributed by atoms with van der Waals surface area (Å²) in [6.45, 7) is 0. The minimum Gasteiger partial charge on any atom is -0.457 e. The van der Waals surface area contributed by atoms with E-state index in [1.54, 1.807) is 48.5 Å². The lowest BCUT2D eigenvalue weighted by molar-refractivity contribution is -0.121. The van der Waals surface area contributed by atoms with Crippen molar-refractivity contribution in [2.45, 2.75) is 11.7 Å². The number of carbonyl (C=O) groups excluding carboxylic acids is 2. The normalized spacial score (nSPS) is 16.9. The fraction of sp³-hybridized carbons (Fsp3) is 0.118. The predicted octanol–water partition coefficient (Wildman–Crippen LogP) is 3.42. The number of nitrogens with two attached hydrogens (primary N) is 1. The highest BCUT2D eigenvalue weighted by atomic mass is 35.5. The fourth-order valence-electron chi connectivity index (χ4n) is 2.15. The Morgan fingerprint density at radius 3 is 2.36 bits per heavy atom. The number of benzene rings is 2. The maximum Gasteiger partial charge on any atom is 0.249 e. The molecule has 0 aromatic heterocycles. The van der Waals surface area contributed by atoms with E-state index < -0.39 is 5.25 Å². The summed E-state index contributed by atoms with van der Waals surface area (Å²) >= 11 is 6.92. The van der Waals surface area contributed by atoms with Crippen LogP contribution in [0.2, 0.25) is 5.02 Å². The van der Waals surface area contributed by atoms with E-state index in [4.69, 9.17) is 22.1 Å². The highest BCUT2D eigenvalue weighted by Crippen LogP contribution is 2.26. The minimum atomic E-state index is -0.574. The molecule has 2 aromatic carbocycles. The third-order valence-corrected chi connectivity index (χ3v) is 4.57. The summed E-state index contributed by atoms with van der Waals surface area (Å²) in [5, 5.41) is 2.93. The van der Waals surface area contributed by atoms with Crippen molar-refractivity contribution in [3.05, 3.63) is 53.6 Å². The van der Waals surface area contributed by atoms with Gasteiger partial charge in [0.15, 0.2) is 5.17 Å². The van der Waals surface area contributed by atoms with Crippen molar-refractivity contribution in [2.75, 3.05) is 5.32 Å². The summed E-state index contributed by atoms with van der Waals surface area (Å²) in [5.74, 6) is 0.609. The van der Waals surface area contributed by atoms with Crippen LogP contribution >= 0.6 is 23.4 Å². The molecule has 2 amide bonds. The molecule has 2 aromatic rings. The second-order valence-electron chi connectivity index (χ2n) is 5.22. The molecule has 3 rings (SSSR count). The fourth-order valence-corrected chi connectivity index (χ4v) is 3.12. The minimum absolute atomic E-state index is 0.0367. The summed E-state index contributed by atoms with van der Waals surface area (Å²) in [6, 6.07) is 13.9. The largest absolute Gasteiger partial charge is 0.457 e. The van der Waals surface area contributed by atoms with Gasteiger partial charge < -0.3 is 15.8 Å². The van der Waals surface area contributed by atoms with Gasteiger partial charge in [0, 0.05) is 10.7 Å². The van der Waals surface area contributed by atoms with Gasteiger partial charge in [-0.1, -0.05) is 23.4 Å². The molecule has 8 heteroatoms. The number of hydrogen-bond acceptors (Lipinski definition) is 5. The first-order chi connectivity index (χ1) is 12.0. The second kappa shape index (κ2) is 7.58. The van der Waals surface area contributed by atoms with Crippen LogP contribution in [0.25, 0.3) is 0 Å². The number of anilines is 1. The molecule has 25 heavy (non-hydrogen) atoms. The van der Waals surface area contributed by atoms with Crippen LogP contribution < -0.4 is 15.8 Å². The van der Waals surface area contributed by atoms with Crippen molar-refractivity contribution in [3.8, 4) is 11.5 Å². The molecule has 1 atom stereocenters. The van der Waals surface area contributed by atoms with Gasteiger partial charge in [0.25, 0.3) is 0 Å². The van der Waals surface area contributed by atoms with Crippen LogP contribution in [0.4, 0.5) is 5.69 Å². The van der Waals surface area contributed by atoms with Crippen LogP contribution in [0.1, 0.15) is 6.42 Å². The Morgan fingerprint density at radius 2 is 1.76 bits per heavy atom. The number of amidine groups is 1. The van der Waals surface area contributed by atoms with Gasteiger partial charge in [-0.05, 0) is 48.5 Å². The van der Waals surface area contributed by atoms with Crippen molar-refractivity contribution < 1.29 is 14.3 Å². The summed E-state index contributed by atoms with van der Waals surface area (Å²) < 4.78 is 5.69. The molecule has 0 bridgehead atoms. The van der Waals surface area contributed by atoms with E-state index in [2.05, 4.69) is 10.3 Å². The molecule has 0 spiro atoms. The lowest BCUT2D eigenvalue weighted by Crippen LogP contribution is -2.33. The van der Waals surface area contributed by atoms with Crippen LogP contribution in [-0.4, -0.2) is 22.2 Å². The van der Waals surface area contributed by atoms with E-state index in [0.29, 0.717) is 22.2 Å². The Kier molecular flexibility index (Phi) is 5.25. The van der Waals surface area contributed by atoms with Crippen molar-refractivity contribution in [2.24, 2.45) is 10.7 Å². The van der Waals surface area contributed by atoms with Crippen LogP contribution in [0.5, 0.6) is 11.5 Å². The van der Waals surface area contributed by atoms with Gasteiger partial charge >= 0.3 is 0 Å². The lowest BCUT2D eigenvalue weighted by Gasteiger charge is -2.17. The van der Waals surface area contributed by atoms with Crippen molar-refractivity contribution >= 4 is 46.0 Å². The Bertz CT molecular complexity index is 822. The number of aliphatic imine (C=N–C) groups is 1. The zero-order chi connectivity index (χ0) is 17.8. The van der Waals surface area contributed by atoms with Crippen molar-refractivity contribution in [3.63, 3.8) is 0 Å². The molecular formula is C17H14ClN3O3S. The van der Waals surface area contributed by atoms with Crippen LogP contribution in [0.3, 0.4) is 0 Å². The number of carbonyl (C=O) groups is 2. The first-order valence-corrected chi connectivity index (χ1v) is 8.63. The van der Waals surface area contributed by atoms with Gasteiger partial charge in [-0.2, -0.15) is 4.99 Å². The second-order valence-corrected chi connectivity index (χ2v) is 6.88. The van der Waals surface area contributed by atoms with Crippen molar-refractivity contribution in [1.82, 2.24) is 0 Å². The van der Waals surface area contributed by atoms with E-state index in [-0.39, 0.29) is 23.4 Å². The summed E-state index contributed by atoms with van der Waals surface area (Å²) in [7, 11) is 0. The van der Waals surface area contributed by atoms with Gasteiger partial charge in [0.1, 0.15) is 16.7 Å². The molecule has 0 aliphatic carbocycles. The van der Waals surface area contributed by atoms with Gasteiger partial charge in [-0.25, -0.2) is 0 Å². The smallest absolute Gasteiger partial charge is 0.249 e. The molecule has 1 heterocycles. The first-order valence-electron chi connectivity index (χ1n) is 7.37. The van der Waals surface area contributed by atoms with Gasteiger partial charge in [-0.3, -0.25) is 9.59 Å². The monoisotopic (exact) mass is 375 g/mol. The van der Waals surface area contributed by atoms with E-state index in [1.807, 2.05) is 0 Å². The quantitative estimate of drug-likeness (QED) is 0.853. The zero-order valence-electron chi connectivity index (χ0n) is 12.9. The average molecular weight is 376 g/mol. The first kappa shape index (κ1) is 17.3. The van der Waals surface area contributed by atoms with E-state index in [0.717, 1.165) is 11.8 Å². The van der Waals surface area contributed by atoms with Gasteiger partial charge in [-0.15, -0.1) is 0 Å². The Hall–Kier alpha value is -2.51. The number of thioether (sulfide) groups is 1. The molecule has 0 saturated carbocycles. The number of nitrogens with zero attached hydrogens (tertiary/aromatic N) is 1. The number of amides is 2. The van der Waals surface area contributed by atoms with Crippen LogP contribution in [0.15, 0.2) is 53.5 Å². The Labute approximate surface area is 153 Å². The highest BCUT2D eigenvalue weighted by Gasteiger charge is 2.27. The molecule has 1 aliphatic heterocycles. The molecule has 3 N–H and O–H groups in total. The SMILES string of the molecule is NC1=NC(=O)C[C@@H](C(=O)Nc2ccc(Oc3ccc(Cl)cc3)cc2)S1. The highest BCUT2D eigenvalue weighted by molar-refractivity contribution is 8.15. The Morgan fingerprint density at radius 1 is 1.16 bits per heavy atom. The third kappa shape index (κ3) is 4.74. The van der Waals surface area contributed by atoms with Crippen LogP contribution in [-0.2, 0) is 9.59 Å². The molecule has 0 fully saturated rings. The number of rotatable bonds is 4. The summed E-state index contributed by atoms with van der Waals surface area (Å²) in [6.07, 6.45) is 0.0367. The maximum absolute atomic E-state index is 12.2. The predicted molar refractivity (Wildman–Crippen MR) is 99.2 cm³/mol. The molecular weight excluding hydrogens is 362 g/mol. The molecule has 6 nitrogen and oxygen atoms in total. The Balaban J connectivity index is 1.60. The van der Waals surface area contributed by atoms with Crippen molar-refractivity contribution in [1.29, 1.82) is 0 Å². The van der Waals surface area contributed by atoms with Crippen LogP contribution in [0, 0.1) is 0 Å². The summed E-state index contributed by atoms with van der Waals surface area (Å²) in [4.78, 5) is 27.2. The molecule has 1 aliphatic rings. The number of halogens is 1. The molecule has 128 valence electrons. The molecule has 0 radical (unpaired) electrons. The third-order valence-electron chi connectivity index (χ3n) is 3.32. The van der Waals surface area contributed by atoms with E-state index >= 15 is 0 Å². The molecule has 0 unspecified atom stereocenters. The zero-order valence-corrected chi connectivity index (χ0v) is 14.5. The standard InChI is InChI=1S/C17H14ClN3O3S/c18-10-1-5-12(6-2-10)24-13-7-3-11(4-8-13)20-16(23)14-9-15(22)21-17(19)25-14/h1-8,14H,9H2,(H,20,23)(H2,19,21,22)/t14-/m0/s1. The van der Waals surface area contributed by atoms with Gasteiger partial charge in [0.05, 0.1) is 6.42 Å². The summed E-state index contributed by atoms with van der Waals surface area (Å²) in [5.41, 5.74) is 6.14. The number of hydrogen-bond donors (Lipinski definition) is 2.